The number of carbonyl (C=O) groups excluding carboxylic acids is 2. The predicted octanol–water partition coefficient (Wildman–Crippen LogP) is 1.73. The lowest BCUT2D eigenvalue weighted by Crippen LogP contribution is -2.39. The smallest absolute Gasteiger partial charge is 0.257 e. The Hall–Kier alpha value is -2.34. The quantitative estimate of drug-likeness (QED) is 0.912. The van der Waals surface area contributed by atoms with Crippen molar-refractivity contribution >= 4 is 23.4 Å². The van der Waals surface area contributed by atoms with Crippen LogP contribution in [0, 0.1) is 0 Å². The average Bonchev–Trinajstić information content (AvgIpc) is 3.01. The molecule has 0 bridgehead atoms. The first-order valence-corrected chi connectivity index (χ1v) is 7.24. The minimum Gasteiger partial charge on any atom is -0.358 e. The Morgan fingerprint density at radius 3 is 2.73 bits per heavy atom. The Kier molecular flexibility index (Phi) is 5.16. The molecule has 7 heteroatoms. The van der Waals surface area contributed by atoms with E-state index in [9.17, 15) is 9.59 Å². The molecule has 0 atom stereocenters. The van der Waals surface area contributed by atoms with Gasteiger partial charge in [0.1, 0.15) is 0 Å². The lowest BCUT2D eigenvalue weighted by Gasteiger charge is -2.18. The van der Waals surface area contributed by atoms with E-state index in [0.29, 0.717) is 22.8 Å². The van der Waals surface area contributed by atoms with Gasteiger partial charge in [-0.3, -0.25) is 9.59 Å². The number of carbonyl (C=O) groups is 2. The summed E-state index contributed by atoms with van der Waals surface area (Å²) >= 11 is 6.12. The van der Waals surface area contributed by atoms with E-state index < -0.39 is 0 Å². The summed E-state index contributed by atoms with van der Waals surface area (Å²) in [7, 11) is 1.54. The molecule has 0 saturated carbocycles. The minimum atomic E-state index is -0.246. The van der Waals surface area contributed by atoms with E-state index in [4.69, 9.17) is 11.6 Å². The highest BCUT2D eigenvalue weighted by Crippen LogP contribution is 2.19. The summed E-state index contributed by atoms with van der Waals surface area (Å²) in [5, 5.41) is 7.22. The van der Waals surface area contributed by atoms with Crippen LogP contribution in [-0.2, 0) is 4.79 Å². The number of hydrogen-bond donors (Lipinski definition) is 1. The number of nitrogens with zero attached hydrogens (tertiary/aromatic N) is 3. The Labute approximate surface area is 133 Å². The number of para-hydroxylation sites is 1. The third-order valence-electron chi connectivity index (χ3n) is 3.21. The van der Waals surface area contributed by atoms with Gasteiger partial charge < -0.3 is 10.2 Å². The van der Waals surface area contributed by atoms with Crippen LogP contribution in [0.25, 0.3) is 5.69 Å². The molecule has 0 fully saturated rings. The second-order valence-corrected chi connectivity index (χ2v) is 5.02. The fourth-order valence-electron chi connectivity index (χ4n) is 1.96. The zero-order valence-electron chi connectivity index (χ0n) is 12.4. The Morgan fingerprint density at radius 1 is 1.36 bits per heavy atom. The lowest BCUT2D eigenvalue weighted by molar-refractivity contribution is -0.121. The third kappa shape index (κ3) is 3.46. The standard InChI is InChI=1S/C15H17ClN4O2/c1-3-19(10-14(21)17-2)15(22)11-8-18-20(9-11)13-7-5-4-6-12(13)16/h4-9H,3,10H2,1-2H3,(H,17,21). The molecule has 1 aromatic carbocycles. The monoisotopic (exact) mass is 320 g/mol. The van der Waals surface area contributed by atoms with Gasteiger partial charge in [0.15, 0.2) is 0 Å². The highest BCUT2D eigenvalue weighted by Gasteiger charge is 2.18. The molecule has 22 heavy (non-hydrogen) atoms. The van der Waals surface area contributed by atoms with Crippen molar-refractivity contribution in [2.45, 2.75) is 6.92 Å². The molecule has 1 heterocycles. The van der Waals surface area contributed by atoms with Crippen molar-refractivity contribution in [2.24, 2.45) is 0 Å². The highest BCUT2D eigenvalue weighted by atomic mass is 35.5. The van der Waals surface area contributed by atoms with Gasteiger partial charge in [-0.25, -0.2) is 4.68 Å². The first-order chi connectivity index (χ1) is 10.6. The van der Waals surface area contributed by atoms with Crippen molar-refractivity contribution in [3.63, 3.8) is 0 Å². The van der Waals surface area contributed by atoms with Gasteiger partial charge in [0.2, 0.25) is 5.91 Å². The number of halogens is 1. The van der Waals surface area contributed by atoms with E-state index in [1.807, 2.05) is 25.1 Å². The van der Waals surface area contributed by atoms with Crippen molar-refractivity contribution in [3.8, 4) is 5.69 Å². The normalized spacial score (nSPS) is 10.3. The van der Waals surface area contributed by atoms with Gasteiger partial charge in [-0.15, -0.1) is 0 Å². The number of rotatable bonds is 5. The summed E-state index contributed by atoms with van der Waals surface area (Å²) in [5.41, 5.74) is 1.10. The topological polar surface area (TPSA) is 67.2 Å². The molecule has 0 unspecified atom stereocenters. The maximum atomic E-state index is 12.4. The summed E-state index contributed by atoms with van der Waals surface area (Å²) < 4.78 is 1.54. The van der Waals surface area contributed by atoms with Crippen LogP contribution in [0.3, 0.4) is 0 Å². The van der Waals surface area contributed by atoms with Crippen LogP contribution in [0.1, 0.15) is 17.3 Å². The molecule has 0 aliphatic heterocycles. The molecule has 6 nitrogen and oxygen atoms in total. The molecular formula is C15H17ClN4O2. The van der Waals surface area contributed by atoms with Crippen molar-refractivity contribution in [1.82, 2.24) is 20.0 Å². The van der Waals surface area contributed by atoms with Crippen molar-refractivity contribution < 1.29 is 9.59 Å². The first-order valence-electron chi connectivity index (χ1n) is 6.86. The molecule has 2 amide bonds. The van der Waals surface area contributed by atoms with Crippen LogP contribution in [0.4, 0.5) is 0 Å². The van der Waals surface area contributed by atoms with Gasteiger partial charge in [-0.1, -0.05) is 23.7 Å². The average molecular weight is 321 g/mol. The number of hydrogen-bond acceptors (Lipinski definition) is 3. The summed E-state index contributed by atoms with van der Waals surface area (Å²) in [6.07, 6.45) is 3.08. The number of nitrogens with one attached hydrogen (secondary N) is 1. The maximum Gasteiger partial charge on any atom is 0.257 e. The van der Waals surface area contributed by atoms with E-state index in [-0.39, 0.29) is 18.4 Å². The molecule has 116 valence electrons. The fraction of sp³-hybridized carbons (Fsp3) is 0.267. The molecule has 2 rings (SSSR count). The van der Waals surface area contributed by atoms with Gasteiger partial charge in [-0.05, 0) is 19.1 Å². The lowest BCUT2D eigenvalue weighted by atomic mass is 10.3. The van der Waals surface area contributed by atoms with Crippen LogP contribution >= 0.6 is 11.6 Å². The zero-order chi connectivity index (χ0) is 16.1. The minimum absolute atomic E-state index is 0.0170. The number of benzene rings is 1. The zero-order valence-corrected chi connectivity index (χ0v) is 13.2. The van der Waals surface area contributed by atoms with Crippen LogP contribution in [-0.4, -0.2) is 46.6 Å². The SMILES string of the molecule is CCN(CC(=O)NC)C(=O)c1cnn(-c2ccccc2Cl)c1. The fourth-order valence-corrected chi connectivity index (χ4v) is 2.19. The van der Waals surface area contributed by atoms with Gasteiger partial charge >= 0.3 is 0 Å². The van der Waals surface area contributed by atoms with Gasteiger partial charge in [-0.2, -0.15) is 5.10 Å². The van der Waals surface area contributed by atoms with Crippen molar-refractivity contribution in [3.05, 3.63) is 47.2 Å². The molecule has 0 aliphatic carbocycles. The van der Waals surface area contributed by atoms with E-state index in [0.717, 1.165) is 0 Å². The molecule has 0 saturated heterocycles. The van der Waals surface area contributed by atoms with Crippen molar-refractivity contribution in [1.29, 1.82) is 0 Å². The largest absolute Gasteiger partial charge is 0.358 e. The Morgan fingerprint density at radius 2 is 2.09 bits per heavy atom. The summed E-state index contributed by atoms with van der Waals surface area (Å²) in [6, 6.07) is 7.23. The van der Waals surface area contributed by atoms with Crippen LogP contribution in [0.5, 0.6) is 0 Å². The van der Waals surface area contributed by atoms with Crippen molar-refractivity contribution in [2.75, 3.05) is 20.1 Å². The van der Waals surface area contributed by atoms with Crippen LogP contribution < -0.4 is 5.32 Å². The predicted molar refractivity (Wildman–Crippen MR) is 84.2 cm³/mol. The molecule has 1 N–H and O–H groups in total. The van der Waals surface area contributed by atoms with Gasteiger partial charge in [0.25, 0.3) is 5.91 Å². The molecule has 0 radical (unpaired) electrons. The highest BCUT2D eigenvalue weighted by molar-refractivity contribution is 6.32. The first kappa shape index (κ1) is 16.0. The second-order valence-electron chi connectivity index (χ2n) is 4.62. The molecule has 0 aliphatic rings. The summed E-state index contributed by atoms with van der Waals surface area (Å²) in [6.45, 7) is 2.27. The van der Waals surface area contributed by atoms with Crippen LogP contribution in [0.2, 0.25) is 5.02 Å². The van der Waals surface area contributed by atoms with Gasteiger partial charge in [0.05, 0.1) is 29.0 Å². The van der Waals surface area contributed by atoms with Gasteiger partial charge in [0, 0.05) is 19.8 Å². The Bertz CT molecular complexity index is 684. The second kappa shape index (κ2) is 7.09. The molecule has 0 spiro atoms. The van der Waals surface area contributed by atoms with E-state index in [1.165, 1.54) is 18.1 Å². The number of aromatic nitrogens is 2. The maximum absolute atomic E-state index is 12.4. The molecule has 2 aromatic rings. The Balaban J connectivity index is 2.22. The third-order valence-corrected chi connectivity index (χ3v) is 3.53. The van der Waals surface area contributed by atoms with E-state index in [2.05, 4.69) is 10.4 Å². The summed E-state index contributed by atoms with van der Waals surface area (Å²) in [5.74, 6) is -0.460. The number of amides is 2. The van der Waals surface area contributed by atoms with Crippen LogP contribution in [0.15, 0.2) is 36.7 Å². The molecular weight excluding hydrogens is 304 g/mol. The molecule has 1 aromatic heterocycles. The number of likely N-dealkylation sites (N-methyl/N-ethyl adjacent to an activating group) is 2. The van der Waals surface area contributed by atoms with E-state index in [1.54, 1.807) is 16.9 Å². The summed E-state index contributed by atoms with van der Waals surface area (Å²) in [4.78, 5) is 25.3. The van der Waals surface area contributed by atoms with E-state index >= 15 is 0 Å².